The van der Waals surface area contributed by atoms with E-state index in [9.17, 15) is 0 Å². The molecule has 0 spiro atoms. The van der Waals surface area contributed by atoms with Crippen molar-refractivity contribution in [3.63, 3.8) is 0 Å². The predicted molar refractivity (Wildman–Crippen MR) is 243 cm³/mol. The van der Waals surface area contributed by atoms with E-state index in [1.807, 2.05) is 0 Å². The maximum Gasteiger partial charge on any atom is 0.136 e. The highest BCUT2D eigenvalue weighted by Crippen LogP contribution is 2.53. The van der Waals surface area contributed by atoms with Gasteiger partial charge in [-0.05, 0) is 105 Å². The first kappa shape index (κ1) is 31.8. The first-order valence-electron chi connectivity index (χ1n) is 19.7. The Morgan fingerprint density at radius 3 is 1.26 bits per heavy atom. The zero-order valence-corrected chi connectivity index (χ0v) is 31.0. The highest BCUT2D eigenvalue weighted by atomic mass is 16.3. The molecule has 1 aromatic heterocycles. The smallest absolute Gasteiger partial charge is 0.136 e. The molecule has 0 atom stereocenters. The molecule has 0 radical (unpaired) electrons. The van der Waals surface area contributed by atoms with E-state index < -0.39 is 0 Å². The molecule has 1 nitrogen and oxygen atoms in total. The molecule has 12 rings (SSSR count). The number of benzene rings is 11. The van der Waals surface area contributed by atoms with Crippen LogP contribution in [0.2, 0.25) is 0 Å². The minimum Gasteiger partial charge on any atom is -0.456 e. The van der Waals surface area contributed by atoms with E-state index in [2.05, 4.69) is 206 Å². The summed E-state index contributed by atoms with van der Waals surface area (Å²) in [6.45, 7) is 0. The van der Waals surface area contributed by atoms with Crippen LogP contribution in [0.25, 0.3) is 120 Å². The number of hydrogen-bond donors (Lipinski definition) is 0. The van der Waals surface area contributed by atoms with Crippen molar-refractivity contribution in [3.05, 3.63) is 206 Å². The molecule has 264 valence electrons. The molecular formula is C56H34O. The molecule has 0 unspecified atom stereocenters. The number of fused-ring (bicyclic) bond motifs is 11. The monoisotopic (exact) mass is 722 g/mol. The van der Waals surface area contributed by atoms with E-state index in [1.165, 1.54) is 81.7 Å². The minimum absolute atomic E-state index is 0.887. The molecule has 0 saturated heterocycles. The summed E-state index contributed by atoms with van der Waals surface area (Å²) >= 11 is 0. The molecule has 0 aliphatic heterocycles. The van der Waals surface area contributed by atoms with Crippen LogP contribution in [0.4, 0.5) is 0 Å². The molecule has 0 bridgehead atoms. The van der Waals surface area contributed by atoms with Crippen LogP contribution in [-0.2, 0) is 0 Å². The van der Waals surface area contributed by atoms with Gasteiger partial charge in [0.05, 0.1) is 0 Å². The molecule has 0 saturated carbocycles. The van der Waals surface area contributed by atoms with Crippen LogP contribution in [0.3, 0.4) is 0 Å². The first-order chi connectivity index (χ1) is 28.3. The lowest BCUT2D eigenvalue weighted by Gasteiger charge is -2.23. The number of hydrogen-bond acceptors (Lipinski definition) is 1. The van der Waals surface area contributed by atoms with Gasteiger partial charge in [0, 0.05) is 16.3 Å². The molecule has 1 heteroatoms. The van der Waals surface area contributed by atoms with Gasteiger partial charge in [0.2, 0.25) is 0 Å². The summed E-state index contributed by atoms with van der Waals surface area (Å²) in [4.78, 5) is 0. The van der Waals surface area contributed by atoms with Crippen molar-refractivity contribution in [2.75, 3.05) is 0 Å². The highest BCUT2D eigenvalue weighted by molar-refractivity contribution is 6.33. The highest BCUT2D eigenvalue weighted by Gasteiger charge is 2.27. The van der Waals surface area contributed by atoms with Crippen LogP contribution in [0, 0.1) is 0 Å². The van der Waals surface area contributed by atoms with Crippen molar-refractivity contribution in [2.45, 2.75) is 0 Å². The lowest BCUT2D eigenvalue weighted by atomic mass is 9.79. The normalized spacial score (nSPS) is 11.9. The van der Waals surface area contributed by atoms with E-state index in [4.69, 9.17) is 4.42 Å². The quantitative estimate of drug-likeness (QED) is 0.130. The Morgan fingerprint density at radius 1 is 0.228 bits per heavy atom. The topological polar surface area (TPSA) is 13.1 Å². The molecular weight excluding hydrogens is 689 g/mol. The molecule has 0 N–H and O–H groups in total. The summed E-state index contributed by atoms with van der Waals surface area (Å²) < 4.78 is 6.73. The molecule has 11 aromatic carbocycles. The standard InChI is InChI=1S/C56H34O/c1-3-18-35(19-4-1)48-34-50-55(46-30-15-16-33-49(46)57-50)51(36-20-5-2-6-21-36)56(48)54-44-28-13-11-26-42(44)53(43-27-12-14-29-45(43)54)47-32-17-31-41-39-23-8-7-22-37(39)38-24-9-10-25-40(38)52(41)47/h1-34H. The van der Waals surface area contributed by atoms with Crippen molar-refractivity contribution in [1.29, 1.82) is 0 Å². The summed E-state index contributed by atoms with van der Waals surface area (Å²) in [5.74, 6) is 0. The average molecular weight is 723 g/mol. The van der Waals surface area contributed by atoms with Crippen LogP contribution in [-0.4, -0.2) is 0 Å². The van der Waals surface area contributed by atoms with Crippen LogP contribution in [0.5, 0.6) is 0 Å². The van der Waals surface area contributed by atoms with E-state index in [-0.39, 0.29) is 0 Å². The van der Waals surface area contributed by atoms with Crippen molar-refractivity contribution in [1.82, 2.24) is 0 Å². The Morgan fingerprint density at radius 2 is 0.667 bits per heavy atom. The number of para-hydroxylation sites is 1. The lowest BCUT2D eigenvalue weighted by molar-refractivity contribution is 0.669. The summed E-state index contributed by atoms with van der Waals surface area (Å²) in [7, 11) is 0. The summed E-state index contributed by atoms with van der Waals surface area (Å²) in [6, 6.07) is 75.3. The Hall–Kier alpha value is -7.48. The predicted octanol–water partition coefficient (Wildman–Crippen LogP) is 16.0. The van der Waals surface area contributed by atoms with Gasteiger partial charge in [-0.25, -0.2) is 0 Å². The maximum atomic E-state index is 6.73. The van der Waals surface area contributed by atoms with Gasteiger partial charge >= 0.3 is 0 Å². The minimum atomic E-state index is 0.887. The van der Waals surface area contributed by atoms with Crippen LogP contribution in [0.15, 0.2) is 211 Å². The van der Waals surface area contributed by atoms with Gasteiger partial charge in [0.1, 0.15) is 11.2 Å². The fourth-order valence-corrected chi connectivity index (χ4v) is 9.74. The average Bonchev–Trinajstić information content (AvgIpc) is 3.66. The van der Waals surface area contributed by atoms with Crippen molar-refractivity contribution < 1.29 is 4.42 Å². The van der Waals surface area contributed by atoms with Gasteiger partial charge in [0.15, 0.2) is 0 Å². The van der Waals surface area contributed by atoms with E-state index >= 15 is 0 Å². The molecule has 12 aromatic rings. The van der Waals surface area contributed by atoms with Crippen molar-refractivity contribution in [2.24, 2.45) is 0 Å². The zero-order valence-electron chi connectivity index (χ0n) is 31.0. The largest absolute Gasteiger partial charge is 0.456 e. The third kappa shape index (κ3) is 4.70. The Labute approximate surface area is 329 Å². The molecule has 57 heavy (non-hydrogen) atoms. The zero-order chi connectivity index (χ0) is 37.5. The van der Waals surface area contributed by atoms with Gasteiger partial charge in [-0.1, -0.05) is 194 Å². The van der Waals surface area contributed by atoms with Gasteiger partial charge in [0.25, 0.3) is 0 Å². The molecule has 0 aliphatic carbocycles. The van der Waals surface area contributed by atoms with Crippen molar-refractivity contribution >= 4 is 75.8 Å². The Balaban J connectivity index is 1.30. The van der Waals surface area contributed by atoms with Gasteiger partial charge in [-0.15, -0.1) is 0 Å². The third-order valence-electron chi connectivity index (χ3n) is 12.0. The molecule has 0 amide bonds. The number of rotatable bonds is 4. The van der Waals surface area contributed by atoms with E-state index in [0.717, 1.165) is 38.6 Å². The number of furan rings is 1. The fraction of sp³-hybridized carbons (Fsp3) is 0. The molecule has 1 heterocycles. The second kappa shape index (κ2) is 12.5. The maximum absolute atomic E-state index is 6.73. The fourth-order valence-electron chi connectivity index (χ4n) is 9.74. The van der Waals surface area contributed by atoms with E-state index in [1.54, 1.807) is 0 Å². The Bertz CT molecular complexity index is 3450. The Kier molecular flexibility index (Phi) is 7.00. The van der Waals surface area contributed by atoms with Crippen LogP contribution < -0.4 is 0 Å². The first-order valence-corrected chi connectivity index (χ1v) is 19.7. The van der Waals surface area contributed by atoms with Crippen LogP contribution in [0.1, 0.15) is 0 Å². The van der Waals surface area contributed by atoms with Gasteiger partial charge < -0.3 is 4.42 Å². The second-order valence-electron chi connectivity index (χ2n) is 15.0. The SMILES string of the molecule is c1ccc(-c2cc3oc4ccccc4c3c(-c3ccccc3)c2-c2c3ccccc3c(-c3cccc4c5ccccc5c5ccccc5c34)c3ccccc23)cc1. The van der Waals surface area contributed by atoms with Gasteiger partial charge in [-0.3, -0.25) is 0 Å². The summed E-state index contributed by atoms with van der Waals surface area (Å²) in [6.07, 6.45) is 0. The summed E-state index contributed by atoms with van der Waals surface area (Å²) in [5.41, 5.74) is 11.4. The van der Waals surface area contributed by atoms with Crippen LogP contribution >= 0.6 is 0 Å². The summed E-state index contributed by atoms with van der Waals surface area (Å²) in [5, 5.41) is 14.8. The molecule has 0 aliphatic rings. The van der Waals surface area contributed by atoms with Gasteiger partial charge in [-0.2, -0.15) is 0 Å². The molecule has 0 fully saturated rings. The second-order valence-corrected chi connectivity index (χ2v) is 15.0. The van der Waals surface area contributed by atoms with Crippen molar-refractivity contribution in [3.8, 4) is 44.5 Å². The lowest BCUT2D eigenvalue weighted by Crippen LogP contribution is -1.96. The third-order valence-corrected chi connectivity index (χ3v) is 12.0. The van der Waals surface area contributed by atoms with E-state index in [0.29, 0.717) is 0 Å².